The monoisotopic (exact) mass is 312 g/mol. The molecule has 0 aliphatic carbocycles. The molecular formula is C17H16N2O4. The van der Waals surface area contributed by atoms with Crippen LogP contribution in [0.15, 0.2) is 45.6 Å². The van der Waals surface area contributed by atoms with Crippen molar-refractivity contribution in [1.82, 2.24) is 0 Å². The van der Waals surface area contributed by atoms with E-state index in [-0.39, 0.29) is 17.5 Å². The summed E-state index contributed by atoms with van der Waals surface area (Å²) in [6, 6.07) is 10.0. The van der Waals surface area contributed by atoms with Crippen molar-refractivity contribution >= 4 is 23.2 Å². The van der Waals surface area contributed by atoms with Crippen LogP contribution in [0, 0.1) is 5.92 Å². The van der Waals surface area contributed by atoms with E-state index in [0.29, 0.717) is 29.9 Å². The van der Waals surface area contributed by atoms with Gasteiger partial charge in [-0.25, -0.2) is 4.79 Å². The molecule has 0 fully saturated rings. The van der Waals surface area contributed by atoms with Crippen LogP contribution in [0.5, 0.6) is 0 Å². The molecule has 2 aromatic rings. The first-order chi connectivity index (χ1) is 11.0. The largest absolute Gasteiger partial charge is 0.424 e. The lowest BCUT2D eigenvalue weighted by Gasteiger charge is -2.09. The van der Waals surface area contributed by atoms with Gasteiger partial charge in [-0.3, -0.25) is 9.59 Å². The molecule has 0 bridgehead atoms. The van der Waals surface area contributed by atoms with Crippen LogP contribution in [0.1, 0.15) is 29.5 Å². The van der Waals surface area contributed by atoms with E-state index in [1.165, 1.54) is 6.07 Å². The number of nitrogens with one attached hydrogen (secondary N) is 2. The van der Waals surface area contributed by atoms with Gasteiger partial charge >= 0.3 is 5.63 Å². The lowest BCUT2D eigenvalue weighted by molar-refractivity contribution is -0.116. The highest BCUT2D eigenvalue weighted by Crippen LogP contribution is 2.26. The SMILES string of the molecule is CC1CC(=O)Nc2cc(NC(=O)c3ccccc3)c(=O)oc2C1. The fraction of sp³-hybridized carbons (Fsp3) is 0.235. The van der Waals surface area contributed by atoms with E-state index in [0.717, 1.165) is 0 Å². The molecule has 0 saturated carbocycles. The van der Waals surface area contributed by atoms with Crippen molar-refractivity contribution in [2.45, 2.75) is 19.8 Å². The molecule has 1 aromatic carbocycles. The van der Waals surface area contributed by atoms with Crippen LogP contribution in [-0.4, -0.2) is 11.8 Å². The van der Waals surface area contributed by atoms with Crippen molar-refractivity contribution in [2.24, 2.45) is 5.92 Å². The minimum Gasteiger partial charge on any atom is -0.424 e. The van der Waals surface area contributed by atoms with Gasteiger partial charge in [-0.2, -0.15) is 0 Å². The maximum absolute atomic E-state index is 12.1. The van der Waals surface area contributed by atoms with Gasteiger partial charge in [0.05, 0.1) is 5.69 Å². The Balaban J connectivity index is 1.91. The second-order valence-electron chi connectivity index (χ2n) is 5.67. The van der Waals surface area contributed by atoms with Crippen molar-refractivity contribution in [3.05, 3.63) is 58.1 Å². The van der Waals surface area contributed by atoms with Crippen molar-refractivity contribution in [2.75, 3.05) is 10.6 Å². The predicted octanol–water partition coefficient (Wildman–Crippen LogP) is 2.41. The van der Waals surface area contributed by atoms with E-state index in [4.69, 9.17) is 4.42 Å². The third kappa shape index (κ3) is 3.31. The quantitative estimate of drug-likeness (QED) is 0.891. The Kier molecular flexibility index (Phi) is 3.97. The van der Waals surface area contributed by atoms with Crippen LogP contribution < -0.4 is 16.3 Å². The van der Waals surface area contributed by atoms with E-state index in [2.05, 4.69) is 10.6 Å². The summed E-state index contributed by atoms with van der Waals surface area (Å²) in [6.45, 7) is 1.92. The van der Waals surface area contributed by atoms with E-state index in [1.807, 2.05) is 6.92 Å². The molecule has 118 valence electrons. The Bertz CT molecular complexity index is 811. The third-order valence-electron chi connectivity index (χ3n) is 3.65. The smallest absolute Gasteiger partial charge is 0.360 e. The zero-order chi connectivity index (χ0) is 16.4. The van der Waals surface area contributed by atoms with Crippen molar-refractivity contribution < 1.29 is 14.0 Å². The Morgan fingerprint density at radius 1 is 1.22 bits per heavy atom. The zero-order valence-electron chi connectivity index (χ0n) is 12.6. The molecule has 23 heavy (non-hydrogen) atoms. The number of rotatable bonds is 2. The third-order valence-corrected chi connectivity index (χ3v) is 3.65. The first kappa shape index (κ1) is 15.0. The standard InChI is InChI=1S/C17H16N2O4/c1-10-7-14-12(18-15(20)8-10)9-13(17(22)23-14)19-16(21)11-5-3-2-4-6-11/h2-6,9-10H,7-8H2,1H3,(H,18,20)(H,19,21). The molecule has 1 aromatic heterocycles. The highest BCUT2D eigenvalue weighted by Gasteiger charge is 2.22. The number of hydrogen-bond donors (Lipinski definition) is 2. The van der Waals surface area contributed by atoms with Gasteiger partial charge in [0, 0.05) is 18.4 Å². The molecule has 2 amide bonds. The van der Waals surface area contributed by atoms with Gasteiger partial charge in [0.25, 0.3) is 5.91 Å². The highest BCUT2D eigenvalue weighted by atomic mass is 16.4. The lowest BCUT2D eigenvalue weighted by atomic mass is 10.0. The van der Waals surface area contributed by atoms with Crippen LogP contribution in [0.2, 0.25) is 0 Å². The number of amides is 2. The molecule has 0 saturated heterocycles. The lowest BCUT2D eigenvalue weighted by Crippen LogP contribution is -2.19. The number of carbonyl (C=O) groups is 2. The van der Waals surface area contributed by atoms with Crippen LogP contribution in [-0.2, 0) is 11.2 Å². The maximum atomic E-state index is 12.1. The number of fused-ring (bicyclic) bond motifs is 1. The number of anilines is 2. The minimum absolute atomic E-state index is 0.00690. The molecule has 1 unspecified atom stereocenters. The van der Waals surface area contributed by atoms with Crippen molar-refractivity contribution in [1.29, 1.82) is 0 Å². The Hall–Kier alpha value is -2.89. The number of hydrogen-bond acceptors (Lipinski definition) is 4. The molecule has 1 aliphatic rings. The summed E-state index contributed by atoms with van der Waals surface area (Å²) >= 11 is 0. The van der Waals surface area contributed by atoms with Gasteiger partial charge in [-0.1, -0.05) is 25.1 Å². The molecule has 0 spiro atoms. The second kappa shape index (κ2) is 6.08. The molecule has 6 nitrogen and oxygen atoms in total. The molecule has 2 N–H and O–H groups in total. The zero-order valence-corrected chi connectivity index (χ0v) is 12.6. The first-order valence-corrected chi connectivity index (χ1v) is 7.36. The average Bonchev–Trinajstić information content (AvgIpc) is 2.65. The maximum Gasteiger partial charge on any atom is 0.360 e. The summed E-state index contributed by atoms with van der Waals surface area (Å²) in [5.41, 5.74) is 0.241. The molecule has 2 heterocycles. The molecule has 6 heteroatoms. The summed E-state index contributed by atoms with van der Waals surface area (Å²) in [7, 11) is 0. The van der Waals surface area contributed by atoms with Crippen molar-refractivity contribution in [3.63, 3.8) is 0 Å². The Morgan fingerprint density at radius 3 is 2.70 bits per heavy atom. The van der Waals surface area contributed by atoms with E-state index in [9.17, 15) is 14.4 Å². The molecule has 1 atom stereocenters. The van der Waals surface area contributed by atoms with Gasteiger partial charge in [0.2, 0.25) is 5.91 Å². The molecule has 3 rings (SSSR count). The summed E-state index contributed by atoms with van der Waals surface area (Å²) < 4.78 is 5.28. The normalized spacial score (nSPS) is 16.9. The van der Waals surface area contributed by atoms with Crippen molar-refractivity contribution in [3.8, 4) is 0 Å². The molecule has 0 radical (unpaired) electrons. The molecular weight excluding hydrogens is 296 g/mol. The van der Waals surface area contributed by atoms with Gasteiger partial charge < -0.3 is 15.1 Å². The predicted molar refractivity (Wildman–Crippen MR) is 85.5 cm³/mol. The highest BCUT2D eigenvalue weighted by molar-refractivity contribution is 6.04. The van der Waals surface area contributed by atoms with Gasteiger partial charge in [-0.05, 0) is 24.1 Å². The van der Waals surface area contributed by atoms with Gasteiger partial charge in [0.1, 0.15) is 11.4 Å². The summed E-state index contributed by atoms with van der Waals surface area (Å²) in [5, 5.41) is 5.24. The van der Waals surface area contributed by atoms with Crippen LogP contribution in [0.25, 0.3) is 0 Å². The second-order valence-corrected chi connectivity index (χ2v) is 5.67. The fourth-order valence-electron chi connectivity index (χ4n) is 2.54. The van der Waals surface area contributed by atoms with E-state index in [1.54, 1.807) is 30.3 Å². The van der Waals surface area contributed by atoms with E-state index < -0.39 is 11.5 Å². The first-order valence-electron chi connectivity index (χ1n) is 7.36. The summed E-state index contributed by atoms with van der Waals surface area (Å²) in [4.78, 5) is 36.0. The topological polar surface area (TPSA) is 88.4 Å². The minimum atomic E-state index is -0.628. The Labute approximate surface area is 132 Å². The average molecular weight is 312 g/mol. The molecule has 1 aliphatic heterocycles. The summed E-state index contributed by atoms with van der Waals surface area (Å²) in [6.07, 6.45) is 0.861. The Morgan fingerprint density at radius 2 is 1.96 bits per heavy atom. The van der Waals surface area contributed by atoms with E-state index >= 15 is 0 Å². The van der Waals surface area contributed by atoms with Gasteiger partial charge in [-0.15, -0.1) is 0 Å². The fourth-order valence-corrected chi connectivity index (χ4v) is 2.54. The number of carbonyl (C=O) groups excluding carboxylic acids is 2. The van der Waals surface area contributed by atoms with Gasteiger partial charge in [0.15, 0.2) is 0 Å². The van der Waals surface area contributed by atoms with Crippen LogP contribution in [0.3, 0.4) is 0 Å². The number of benzene rings is 1. The van der Waals surface area contributed by atoms with Crippen LogP contribution >= 0.6 is 0 Å². The summed E-state index contributed by atoms with van der Waals surface area (Å²) in [5.74, 6) is -0.0215. The van der Waals surface area contributed by atoms with Crippen LogP contribution in [0.4, 0.5) is 11.4 Å².